The number of ether oxygens (including phenoxy) is 1. The molecule has 0 aromatic heterocycles. The first-order chi connectivity index (χ1) is 9.49. The molecule has 1 aliphatic heterocycles. The van der Waals surface area contributed by atoms with Gasteiger partial charge in [0.2, 0.25) is 10.0 Å². The van der Waals surface area contributed by atoms with Crippen LogP contribution in [-0.4, -0.2) is 40.4 Å². The number of nitrogens with zero attached hydrogens (tertiary/aromatic N) is 1. The van der Waals surface area contributed by atoms with E-state index < -0.39 is 10.0 Å². The largest absolute Gasteiger partial charge is 0.486 e. The van der Waals surface area contributed by atoms with Gasteiger partial charge in [0, 0.05) is 13.1 Å². The quantitative estimate of drug-likeness (QED) is 0.811. The summed E-state index contributed by atoms with van der Waals surface area (Å²) in [6.45, 7) is 4.25. The van der Waals surface area contributed by atoms with Crippen molar-refractivity contribution < 1.29 is 13.2 Å². The predicted octanol–water partition coefficient (Wildman–Crippen LogP) is 1.60. The summed E-state index contributed by atoms with van der Waals surface area (Å²) >= 11 is 0. The first-order valence-electron chi connectivity index (χ1n) is 6.95. The monoisotopic (exact) mass is 298 g/mol. The number of fused-ring (bicyclic) bond motifs is 1. The number of rotatable bonds is 6. The van der Waals surface area contributed by atoms with Crippen LogP contribution in [0.2, 0.25) is 0 Å². The highest BCUT2D eigenvalue weighted by atomic mass is 32.2. The smallest absolute Gasteiger partial charge is 0.208 e. The fourth-order valence-electron chi connectivity index (χ4n) is 2.33. The first-order valence-corrected chi connectivity index (χ1v) is 8.84. The summed E-state index contributed by atoms with van der Waals surface area (Å²) in [5.74, 6) is 0.918. The normalized spacial score (nSPS) is 18.5. The molecular weight excluding hydrogens is 276 g/mol. The molecule has 0 saturated carbocycles. The summed E-state index contributed by atoms with van der Waals surface area (Å²) in [5, 5.41) is 0. The Kier molecular flexibility index (Phi) is 4.88. The van der Waals surface area contributed by atoms with E-state index in [9.17, 15) is 8.42 Å². The van der Waals surface area contributed by atoms with Crippen molar-refractivity contribution >= 4 is 15.7 Å². The van der Waals surface area contributed by atoms with E-state index >= 15 is 0 Å². The van der Waals surface area contributed by atoms with Gasteiger partial charge < -0.3 is 9.64 Å². The molecule has 0 bridgehead atoms. The number of para-hydroxylation sites is 2. The van der Waals surface area contributed by atoms with Gasteiger partial charge in [-0.15, -0.1) is 0 Å². The van der Waals surface area contributed by atoms with E-state index in [1.54, 1.807) is 0 Å². The number of anilines is 1. The highest BCUT2D eigenvalue weighted by Gasteiger charge is 2.23. The minimum absolute atomic E-state index is 0.202. The lowest BCUT2D eigenvalue weighted by Crippen LogP contribution is -2.41. The molecule has 1 atom stereocenters. The second-order valence-electron chi connectivity index (χ2n) is 5.08. The maximum absolute atomic E-state index is 11.0. The third-order valence-electron chi connectivity index (χ3n) is 3.35. The lowest BCUT2D eigenvalue weighted by molar-refractivity contribution is 0.189. The molecule has 0 spiro atoms. The van der Waals surface area contributed by atoms with E-state index in [4.69, 9.17) is 4.74 Å². The Bertz CT molecular complexity index is 545. The Morgan fingerprint density at radius 1 is 1.40 bits per heavy atom. The maximum atomic E-state index is 11.0. The van der Waals surface area contributed by atoms with Gasteiger partial charge in [-0.1, -0.05) is 19.1 Å². The zero-order chi connectivity index (χ0) is 14.6. The van der Waals surface area contributed by atoms with Crippen molar-refractivity contribution in [3.8, 4) is 5.75 Å². The number of hydrogen-bond donors (Lipinski definition) is 1. The van der Waals surface area contributed by atoms with Crippen LogP contribution in [0.4, 0.5) is 5.69 Å². The van der Waals surface area contributed by atoms with Crippen molar-refractivity contribution in [2.75, 3.05) is 30.8 Å². The summed E-state index contributed by atoms with van der Waals surface area (Å²) < 4.78 is 30.5. The zero-order valence-corrected chi connectivity index (χ0v) is 12.8. The molecule has 0 amide bonds. The van der Waals surface area contributed by atoms with E-state index in [0.717, 1.165) is 37.4 Å². The van der Waals surface area contributed by atoms with Gasteiger partial charge in [0.1, 0.15) is 11.9 Å². The lowest BCUT2D eigenvalue weighted by Gasteiger charge is -2.36. The Hall–Kier alpha value is -1.27. The molecule has 6 heteroatoms. The van der Waals surface area contributed by atoms with Crippen LogP contribution in [0.15, 0.2) is 24.3 Å². The van der Waals surface area contributed by atoms with Crippen LogP contribution in [0.25, 0.3) is 0 Å². The van der Waals surface area contributed by atoms with Gasteiger partial charge in [-0.2, -0.15) is 0 Å². The molecule has 1 aliphatic rings. The van der Waals surface area contributed by atoms with E-state index in [2.05, 4.69) is 16.5 Å². The molecule has 0 aliphatic carbocycles. The van der Waals surface area contributed by atoms with Gasteiger partial charge in [0.05, 0.1) is 18.5 Å². The van der Waals surface area contributed by atoms with Crippen LogP contribution >= 0.6 is 0 Å². The molecule has 20 heavy (non-hydrogen) atoms. The molecule has 1 N–H and O–H groups in total. The van der Waals surface area contributed by atoms with Crippen molar-refractivity contribution in [1.29, 1.82) is 0 Å². The SMILES string of the molecule is CC[C@H]1CN(CCCNS(C)(=O)=O)c2ccccc2O1. The third kappa shape index (κ3) is 4.11. The Morgan fingerprint density at radius 2 is 2.15 bits per heavy atom. The van der Waals surface area contributed by atoms with E-state index in [1.165, 1.54) is 6.26 Å². The van der Waals surface area contributed by atoms with Crippen LogP contribution in [0.3, 0.4) is 0 Å². The molecule has 1 aromatic carbocycles. The summed E-state index contributed by atoms with van der Waals surface area (Å²) in [4.78, 5) is 2.27. The highest BCUT2D eigenvalue weighted by Crippen LogP contribution is 2.33. The van der Waals surface area contributed by atoms with Gasteiger partial charge in [0.25, 0.3) is 0 Å². The molecule has 0 unspecified atom stereocenters. The van der Waals surface area contributed by atoms with Crippen molar-refractivity contribution in [3.05, 3.63) is 24.3 Å². The minimum Gasteiger partial charge on any atom is -0.486 e. The van der Waals surface area contributed by atoms with Crippen LogP contribution < -0.4 is 14.4 Å². The van der Waals surface area contributed by atoms with Gasteiger partial charge in [-0.25, -0.2) is 13.1 Å². The number of nitrogens with one attached hydrogen (secondary N) is 1. The Balaban J connectivity index is 1.96. The standard InChI is InChI=1S/C14H22N2O3S/c1-3-12-11-16(10-6-9-15-20(2,17)18)13-7-4-5-8-14(13)19-12/h4-5,7-8,12,15H,3,6,9-11H2,1-2H3/t12-/m0/s1. The predicted molar refractivity (Wildman–Crippen MR) is 80.8 cm³/mol. The molecule has 1 heterocycles. The van der Waals surface area contributed by atoms with Crippen LogP contribution in [0.1, 0.15) is 19.8 Å². The molecule has 0 saturated heterocycles. The number of hydrogen-bond acceptors (Lipinski definition) is 4. The van der Waals surface area contributed by atoms with Crippen LogP contribution in [0.5, 0.6) is 5.75 Å². The fraction of sp³-hybridized carbons (Fsp3) is 0.571. The number of benzene rings is 1. The molecule has 1 aromatic rings. The Morgan fingerprint density at radius 3 is 2.85 bits per heavy atom. The average Bonchev–Trinajstić information content (AvgIpc) is 2.42. The first kappa shape index (κ1) is 15.1. The molecule has 2 rings (SSSR count). The lowest BCUT2D eigenvalue weighted by atomic mass is 10.1. The van der Waals surface area contributed by atoms with E-state index in [-0.39, 0.29) is 6.10 Å². The maximum Gasteiger partial charge on any atom is 0.208 e. The van der Waals surface area contributed by atoms with E-state index in [1.807, 2.05) is 24.3 Å². The van der Waals surface area contributed by atoms with Gasteiger partial charge in [-0.3, -0.25) is 0 Å². The van der Waals surface area contributed by atoms with Crippen molar-refractivity contribution in [3.63, 3.8) is 0 Å². The van der Waals surface area contributed by atoms with Crippen molar-refractivity contribution in [1.82, 2.24) is 4.72 Å². The average molecular weight is 298 g/mol. The van der Waals surface area contributed by atoms with Gasteiger partial charge >= 0.3 is 0 Å². The summed E-state index contributed by atoms with van der Waals surface area (Å²) in [6, 6.07) is 8.00. The van der Waals surface area contributed by atoms with Crippen molar-refractivity contribution in [2.45, 2.75) is 25.9 Å². The summed E-state index contributed by atoms with van der Waals surface area (Å²) in [7, 11) is -3.10. The van der Waals surface area contributed by atoms with Crippen LogP contribution in [-0.2, 0) is 10.0 Å². The van der Waals surface area contributed by atoms with Crippen molar-refractivity contribution in [2.24, 2.45) is 0 Å². The van der Waals surface area contributed by atoms with Crippen LogP contribution in [0, 0.1) is 0 Å². The van der Waals surface area contributed by atoms with Gasteiger partial charge in [-0.05, 0) is 25.0 Å². The topological polar surface area (TPSA) is 58.6 Å². The van der Waals surface area contributed by atoms with Gasteiger partial charge in [0.15, 0.2) is 0 Å². The number of sulfonamides is 1. The second kappa shape index (κ2) is 6.45. The molecule has 0 radical (unpaired) electrons. The molecule has 5 nitrogen and oxygen atoms in total. The fourth-order valence-corrected chi connectivity index (χ4v) is 2.85. The summed E-state index contributed by atoms with van der Waals surface area (Å²) in [5.41, 5.74) is 1.09. The summed E-state index contributed by atoms with van der Waals surface area (Å²) in [6.07, 6.45) is 3.13. The molecule has 112 valence electrons. The minimum atomic E-state index is -3.10. The molecule has 0 fully saturated rings. The Labute approximate surface area is 121 Å². The second-order valence-corrected chi connectivity index (χ2v) is 6.91. The third-order valence-corrected chi connectivity index (χ3v) is 4.08. The zero-order valence-electron chi connectivity index (χ0n) is 12.0. The molecular formula is C14H22N2O3S. The highest BCUT2D eigenvalue weighted by molar-refractivity contribution is 7.88. The van der Waals surface area contributed by atoms with E-state index in [0.29, 0.717) is 6.54 Å².